The fourth-order valence-electron chi connectivity index (χ4n) is 3.33. The van der Waals surface area contributed by atoms with Crippen LogP contribution in [-0.2, 0) is 14.4 Å². The van der Waals surface area contributed by atoms with Crippen molar-refractivity contribution in [2.24, 2.45) is 10.6 Å². The van der Waals surface area contributed by atoms with E-state index in [1.54, 1.807) is 13.8 Å². The summed E-state index contributed by atoms with van der Waals surface area (Å²) in [5.74, 6) is 1.68. The summed E-state index contributed by atoms with van der Waals surface area (Å²) in [6.45, 7) is 3.41. The smallest absolute Gasteiger partial charge is 0.341 e. The molecule has 2 aliphatic rings. The summed E-state index contributed by atoms with van der Waals surface area (Å²) < 4.78 is 0.856. The maximum atomic E-state index is 12.8. The van der Waals surface area contributed by atoms with Crippen molar-refractivity contribution in [3.8, 4) is 12.3 Å². The maximum absolute atomic E-state index is 12.8. The van der Waals surface area contributed by atoms with Gasteiger partial charge >= 0.3 is 5.97 Å². The van der Waals surface area contributed by atoms with Crippen molar-refractivity contribution < 1.29 is 14.4 Å². The van der Waals surface area contributed by atoms with Gasteiger partial charge in [-0.3, -0.25) is 4.79 Å². The number of oxime groups is 1. The number of terminal acetylenes is 1. The first-order valence-corrected chi connectivity index (χ1v) is 10.1. The van der Waals surface area contributed by atoms with Gasteiger partial charge in [-0.2, -0.15) is 0 Å². The number of benzene rings is 2. The molecule has 0 saturated carbocycles. The van der Waals surface area contributed by atoms with E-state index in [-0.39, 0.29) is 12.3 Å². The van der Waals surface area contributed by atoms with Crippen LogP contribution in [0.2, 0.25) is 0 Å². The zero-order valence-corrected chi connectivity index (χ0v) is 18.0. The zero-order chi connectivity index (χ0) is 21.5. The lowest BCUT2D eigenvalue weighted by Gasteiger charge is -2.17. The summed E-state index contributed by atoms with van der Waals surface area (Å²) in [7, 11) is 0. The van der Waals surface area contributed by atoms with Crippen molar-refractivity contribution in [2.75, 3.05) is 10.6 Å². The molecule has 0 spiro atoms. The number of nitrogens with zero attached hydrogens (tertiary/aromatic N) is 1. The van der Waals surface area contributed by atoms with E-state index in [0.717, 1.165) is 21.3 Å². The Balaban J connectivity index is 1.81. The molecular weight excluding hydrogens is 446 g/mol. The van der Waals surface area contributed by atoms with Crippen molar-refractivity contribution in [3.05, 3.63) is 63.8 Å². The van der Waals surface area contributed by atoms with Crippen molar-refractivity contribution in [1.82, 2.24) is 0 Å². The van der Waals surface area contributed by atoms with Gasteiger partial charge in [0.05, 0.1) is 22.4 Å². The zero-order valence-electron chi connectivity index (χ0n) is 16.4. The topological polar surface area (TPSA) is 79.8 Å². The number of anilines is 2. The number of halogens is 1. The number of rotatable bonds is 3. The minimum Gasteiger partial charge on any atom is -0.352 e. The van der Waals surface area contributed by atoms with E-state index < -0.39 is 11.4 Å². The van der Waals surface area contributed by atoms with Gasteiger partial charge in [-0.15, -0.1) is 12.3 Å². The van der Waals surface area contributed by atoms with Gasteiger partial charge in [0.25, 0.3) is 5.91 Å². The first kappa shape index (κ1) is 19.9. The number of hydrogen-bond donors (Lipinski definition) is 2. The SMILES string of the molecule is C#CCC(C)(C)C(=O)O/N=C1/C(=C2/C(=O)Nc3cc(Br)ccc32)Nc2ccccc21. The molecule has 2 aromatic carbocycles. The Kier molecular flexibility index (Phi) is 4.96. The number of nitrogens with one attached hydrogen (secondary N) is 2. The average molecular weight is 464 g/mol. The second-order valence-electron chi connectivity index (χ2n) is 7.65. The van der Waals surface area contributed by atoms with E-state index >= 15 is 0 Å². The van der Waals surface area contributed by atoms with Crippen molar-refractivity contribution in [2.45, 2.75) is 20.3 Å². The molecule has 0 unspecified atom stereocenters. The summed E-state index contributed by atoms with van der Waals surface area (Å²) in [6.07, 6.45) is 5.58. The van der Waals surface area contributed by atoms with Gasteiger partial charge in [-0.1, -0.05) is 45.4 Å². The third-order valence-electron chi connectivity index (χ3n) is 4.97. The van der Waals surface area contributed by atoms with Crippen LogP contribution in [0.1, 0.15) is 31.4 Å². The predicted molar refractivity (Wildman–Crippen MR) is 120 cm³/mol. The summed E-state index contributed by atoms with van der Waals surface area (Å²) in [5.41, 5.74) is 3.38. The highest BCUT2D eigenvalue weighted by Crippen LogP contribution is 2.40. The molecule has 0 aromatic heterocycles. The average Bonchev–Trinajstić information content (AvgIpc) is 3.21. The van der Waals surface area contributed by atoms with Gasteiger partial charge in [0.15, 0.2) is 0 Å². The molecule has 2 N–H and O–H groups in total. The Bertz CT molecular complexity index is 1190. The number of carbonyl (C=O) groups excluding carboxylic acids is 2. The molecule has 0 aliphatic carbocycles. The van der Waals surface area contributed by atoms with E-state index in [1.165, 1.54) is 0 Å². The summed E-state index contributed by atoms with van der Waals surface area (Å²) in [6, 6.07) is 13.0. The van der Waals surface area contributed by atoms with Crippen molar-refractivity contribution >= 4 is 50.5 Å². The molecule has 0 bridgehead atoms. The lowest BCUT2D eigenvalue weighted by molar-refractivity contribution is -0.153. The van der Waals surface area contributed by atoms with Crippen LogP contribution in [0.15, 0.2) is 57.8 Å². The van der Waals surface area contributed by atoms with Crippen LogP contribution in [0, 0.1) is 17.8 Å². The van der Waals surface area contributed by atoms with Crippen LogP contribution < -0.4 is 10.6 Å². The van der Waals surface area contributed by atoms with Gasteiger partial charge in [0, 0.05) is 27.7 Å². The van der Waals surface area contributed by atoms with Gasteiger partial charge in [0.2, 0.25) is 0 Å². The molecule has 0 fully saturated rings. The predicted octanol–water partition coefficient (Wildman–Crippen LogP) is 4.53. The Labute approximate surface area is 182 Å². The number of allylic oxidation sites excluding steroid dienone is 1. The molecule has 7 heteroatoms. The lowest BCUT2D eigenvalue weighted by Crippen LogP contribution is -2.25. The molecule has 2 aromatic rings. The Morgan fingerprint density at radius 1 is 1.17 bits per heavy atom. The number of amides is 1. The third-order valence-corrected chi connectivity index (χ3v) is 5.46. The highest BCUT2D eigenvalue weighted by atomic mass is 79.9. The molecule has 1 amide bonds. The largest absolute Gasteiger partial charge is 0.352 e. The second-order valence-corrected chi connectivity index (χ2v) is 8.56. The van der Waals surface area contributed by atoms with Crippen LogP contribution in [0.5, 0.6) is 0 Å². The highest BCUT2D eigenvalue weighted by Gasteiger charge is 2.35. The number of para-hydroxylation sites is 1. The fraction of sp³-hybridized carbons (Fsp3) is 0.174. The molecule has 0 atom stereocenters. The lowest BCUT2D eigenvalue weighted by atomic mass is 9.90. The fourth-order valence-corrected chi connectivity index (χ4v) is 3.70. The number of carbonyl (C=O) groups is 2. The Morgan fingerprint density at radius 2 is 1.93 bits per heavy atom. The summed E-state index contributed by atoms with van der Waals surface area (Å²) in [4.78, 5) is 30.6. The van der Waals surface area contributed by atoms with Crippen LogP contribution in [0.4, 0.5) is 11.4 Å². The van der Waals surface area contributed by atoms with Crippen molar-refractivity contribution in [3.63, 3.8) is 0 Å². The first-order chi connectivity index (χ1) is 14.3. The molecule has 0 radical (unpaired) electrons. The van der Waals surface area contributed by atoms with Gasteiger partial charge in [-0.05, 0) is 32.0 Å². The van der Waals surface area contributed by atoms with E-state index in [0.29, 0.717) is 22.7 Å². The Hall–Kier alpha value is -3.37. The van der Waals surface area contributed by atoms with E-state index in [2.05, 4.69) is 37.6 Å². The summed E-state index contributed by atoms with van der Waals surface area (Å²) in [5, 5.41) is 10.3. The Morgan fingerprint density at radius 3 is 2.70 bits per heavy atom. The quantitative estimate of drug-likeness (QED) is 0.303. The molecule has 30 heavy (non-hydrogen) atoms. The van der Waals surface area contributed by atoms with Crippen LogP contribution in [-0.4, -0.2) is 17.6 Å². The van der Waals surface area contributed by atoms with Gasteiger partial charge in [-0.25, -0.2) is 4.79 Å². The number of fused-ring (bicyclic) bond motifs is 2. The molecule has 0 saturated heterocycles. The van der Waals surface area contributed by atoms with Crippen LogP contribution in [0.3, 0.4) is 0 Å². The maximum Gasteiger partial charge on any atom is 0.341 e. The second kappa shape index (κ2) is 7.47. The van der Waals surface area contributed by atoms with E-state index in [1.807, 2.05) is 42.5 Å². The molecule has 6 nitrogen and oxygen atoms in total. The van der Waals surface area contributed by atoms with E-state index in [4.69, 9.17) is 11.3 Å². The van der Waals surface area contributed by atoms with Crippen LogP contribution >= 0.6 is 15.9 Å². The highest BCUT2D eigenvalue weighted by molar-refractivity contribution is 9.10. The molecule has 150 valence electrons. The molecular formula is C23H18BrN3O3. The van der Waals surface area contributed by atoms with Crippen molar-refractivity contribution in [1.29, 1.82) is 0 Å². The normalized spacial score (nSPS) is 18.3. The van der Waals surface area contributed by atoms with Gasteiger partial charge < -0.3 is 15.5 Å². The van der Waals surface area contributed by atoms with E-state index in [9.17, 15) is 9.59 Å². The minimum absolute atomic E-state index is 0.226. The molecule has 4 rings (SSSR count). The molecule has 2 aliphatic heterocycles. The number of hydrogen-bond acceptors (Lipinski definition) is 5. The molecule has 2 heterocycles. The first-order valence-electron chi connectivity index (χ1n) is 9.27. The monoisotopic (exact) mass is 463 g/mol. The third kappa shape index (κ3) is 3.40. The standard InChI is InChI=1S/C23H18BrN3O3/c1-4-11-23(2,3)22(29)30-27-19-15-7-5-6-8-16(15)25-20(19)18-14-10-9-13(24)12-17(14)26-21(18)28/h1,5-10,12,25H,11H2,2-3H3,(H,26,28)/b20-18-,27-19+. The van der Waals surface area contributed by atoms with Crippen LogP contribution in [0.25, 0.3) is 5.57 Å². The minimum atomic E-state index is -0.874. The summed E-state index contributed by atoms with van der Waals surface area (Å²) >= 11 is 3.42. The van der Waals surface area contributed by atoms with Gasteiger partial charge in [0.1, 0.15) is 5.71 Å².